The third kappa shape index (κ3) is 5.01. The van der Waals surface area contributed by atoms with Gasteiger partial charge in [-0.15, -0.1) is 0 Å². The summed E-state index contributed by atoms with van der Waals surface area (Å²) in [5.74, 6) is -3.54. The molecule has 1 fully saturated rings. The van der Waals surface area contributed by atoms with Gasteiger partial charge in [0.1, 0.15) is 16.0 Å². The summed E-state index contributed by atoms with van der Waals surface area (Å²) in [4.78, 5) is 36.6. The Hall–Kier alpha value is -0.600. The van der Waals surface area contributed by atoms with E-state index in [-0.39, 0.29) is 53.3 Å². The molecule has 6 nitrogen and oxygen atoms in total. The van der Waals surface area contributed by atoms with Crippen LogP contribution in [0.1, 0.15) is 52.4 Å². The first-order valence-corrected chi connectivity index (χ1v) is 10.1. The molecule has 2 aliphatic rings. The molecular weight excluding hydrogens is 367 g/mol. The number of hydrogen-bond acceptors (Lipinski definition) is 6. The van der Waals surface area contributed by atoms with Crippen molar-refractivity contribution >= 4 is 27.5 Å². The summed E-state index contributed by atoms with van der Waals surface area (Å²) in [5.41, 5.74) is 0.0141. The number of carbonyl (C=O) groups is 3. The van der Waals surface area contributed by atoms with Gasteiger partial charge >= 0.3 is 29.6 Å². The number of hydrogen-bond donors (Lipinski definition) is 0. The van der Waals surface area contributed by atoms with E-state index in [1.807, 2.05) is 6.92 Å². The molecule has 1 saturated carbocycles. The second kappa shape index (κ2) is 9.55. The van der Waals surface area contributed by atoms with Crippen molar-refractivity contribution in [2.75, 3.05) is 0 Å². The van der Waals surface area contributed by atoms with Gasteiger partial charge in [0.15, 0.2) is 17.3 Å². The first-order valence-electron chi connectivity index (χ1n) is 8.69. The van der Waals surface area contributed by atoms with Crippen LogP contribution >= 0.6 is 0 Å². The minimum Gasteiger partial charge on any atom is -0.744 e. The third-order valence-corrected chi connectivity index (χ3v) is 5.98. The Bertz CT molecular complexity index is 750. The van der Waals surface area contributed by atoms with Crippen molar-refractivity contribution in [2.24, 2.45) is 17.8 Å². The molecule has 0 heterocycles. The van der Waals surface area contributed by atoms with Crippen LogP contribution in [-0.2, 0) is 24.5 Å². The van der Waals surface area contributed by atoms with Crippen LogP contribution < -0.4 is 29.6 Å². The maximum absolute atomic E-state index is 12.8. The standard InChI is InChI=1S/C18H24O6S.Na/c1-3-5-6-11(4-2)9-12-10-14(19)13-7-8-15(25(22,23)24)18(21)16(13)17(12)20;/h7-8,11-12,16H,3-6,9-10H2,1-2H3,(H,22,23,24);/q;+1/p-1. The van der Waals surface area contributed by atoms with E-state index in [0.717, 1.165) is 37.8 Å². The van der Waals surface area contributed by atoms with Crippen LogP contribution in [-0.4, -0.2) is 30.3 Å². The van der Waals surface area contributed by atoms with Gasteiger partial charge in [-0.3, -0.25) is 14.4 Å². The van der Waals surface area contributed by atoms with Crippen LogP contribution in [0.15, 0.2) is 22.6 Å². The molecule has 0 saturated heterocycles. The summed E-state index contributed by atoms with van der Waals surface area (Å²) >= 11 is 0. The van der Waals surface area contributed by atoms with E-state index in [2.05, 4.69) is 6.92 Å². The van der Waals surface area contributed by atoms with Gasteiger partial charge in [-0.05, 0) is 18.4 Å². The van der Waals surface area contributed by atoms with E-state index in [0.29, 0.717) is 6.42 Å². The monoisotopic (exact) mass is 390 g/mol. The fourth-order valence-electron chi connectivity index (χ4n) is 3.63. The maximum Gasteiger partial charge on any atom is 1.00 e. The maximum atomic E-state index is 12.8. The molecule has 0 radical (unpaired) electrons. The minimum atomic E-state index is -4.97. The molecule has 0 spiro atoms. The molecule has 0 N–H and O–H groups in total. The van der Waals surface area contributed by atoms with E-state index in [9.17, 15) is 27.4 Å². The zero-order chi connectivity index (χ0) is 18.8. The summed E-state index contributed by atoms with van der Waals surface area (Å²) in [7, 11) is -4.97. The minimum absolute atomic E-state index is 0. The molecule has 26 heavy (non-hydrogen) atoms. The summed E-state index contributed by atoms with van der Waals surface area (Å²) in [5, 5.41) is 0. The van der Waals surface area contributed by atoms with Crippen molar-refractivity contribution in [3.05, 3.63) is 22.6 Å². The second-order valence-corrected chi connectivity index (χ2v) is 8.13. The van der Waals surface area contributed by atoms with Gasteiger partial charge in [-0.25, -0.2) is 8.42 Å². The van der Waals surface area contributed by atoms with Crippen LogP contribution in [0, 0.1) is 17.8 Å². The molecular formula is C18H23NaO6S. The largest absolute Gasteiger partial charge is 1.00 e. The Morgan fingerprint density at radius 2 is 1.85 bits per heavy atom. The van der Waals surface area contributed by atoms with Gasteiger partial charge in [-0.2, -0.15) is 0 Å². The number of fused-ring (bicyclic) bond motifs is 1. The predicted molar refractivity (Wildman–Crippen MR) is 90.4 cm³/mol. The summed E-state index contributed by atoms with van der Waals surface area (Å²) < 4.78 is 33.6. The zero-order valence-corrected chi connectivity index (χ0v) is 18.3. The Balaban J connectivity index is 0.00000338. The van der Waals surface area contributed by atoms with Gasteiger partial charge in [0.25, 0.3) is 0 Å². The summed E-state index contributed by atoms with van der Waals surface area (Å²) in [6, 6.07) is 0. The average Bonchev–Trinajstić information content (AvgIpc) is 2.54. The van der Waals surface area contributed by atoms with E-state index in [1.54, 1.807) is 0 Å². The summed E-state index contributed by atoms with van der Waals surface area (Å²) in [6.45, 7) is 4.11. The molecule has 0 aromatic rings. The molecule has 8 heteroatoms. The second-order valence-electron chi connectivity index (χ2n) is 6.78. The molecule has 3 unspecified atom stereocenters. The van der Waals surface area contributed by atoms with Crippen LogP contribution in [0.3, 0.4) is 0 Å². The molecule has 0 aromatic heterocycles. The van der Waals surface area contributed by atoms with Gasteiger partial charge in [-0.1, -0.05) is 45.6 Å². The third-order valence-electron chi connectivity index (χ3n) is 5.10. The van der Waals surface area contributed by atoms with E-state index in [1.165, 1.54) is 0 Å². The number of carbonyl (C=O) groups excluding carboxylic acids is 3. The predicted octanol–water partition coefficient (Wildman–Crippen LogP) is -0.691. The Kier molecular flexibility index (Phi) is 8.61. The molecule has 3 atom stereocenters. The van der Waals surface area contributed by atoms with Gasteiger partial charge in [0.05, 0.1) is 4.91 Å². The van der Waals surface area contributed by atoms with E-state index in [4.69, 9.17) is 0 Å². The fourth-order valence-corrected chi connectivity index (χ4v) is 4.23. The number of ketones is 3. The number of Topliss-reactive ketones (excluding diaryl/α,β-unsaturated/α-hetero) is 3. The van der Waals surface area contributed by atoms with Crippen molar-refractivity contribution in [1.29, 1.82) is 0 Å². The Morgan fingerprint density at radius 1 is 1.19 bits per heavy atom. The van der Waals surface area contributed by atoms with Crippen molar-refractivity contribution in [3.63, 3.8) is 0 Å². The van der Waals surface area contributed by atoms with Crippen LogP contribution in [0.2, 0.25) is 0 Å². The molecule has 2 aliphatic carbocycles. The first kappa shape index (κ1) is 23.4. The SMILES string of the molecule is CCCCC(CC)CC1CC(=O)C2=CC=C(S(=O)(=O)[O-])C(=O)C2C1=O.[Na+]. The molecule has 0 bridgehead atoms. The van der Waals surface area contributed by atoms with Gasteiger partial charge in [0, 0.05) is 17.9 Å². The Labute approximate surface area is 176 Å². The first-order chi connectivity index (χ1) is 11.7. The average molecular weight is 390 g/mol. The van der Waals surface area contributed by atoms with Crippen molar-refractivity contribution < 1.29 is 56.9 Å². The quantitative estimate of drug-likeness (QED) is 0.323. The normalized spacial score (nSPS) is 24.3. The smallest absolute Gasteiger partial charge is 0.744 e. The number of unbranched alkanes of at least 4 members (excludes halogenated alkanes) is 1. The van der Waals surface area contributed by atoms with Crippen LogP contribution in [0.25, 0.3) is 0 Å². The number of allylic oxidation sites excluding steroid dienone is 4. The fraction of sp³-hybridized carbons (Fsp3) is 0.611. The van der Waals surface area contributed by atoms with Crippen molar-refractivity contribution in [1.82, 2.24) is 0 Å². The van der Waals surface area contributed by atoms with Crippen LogP contribution in [0.4, 0.5) is 0 Å². The van der Waals surface area contributed by atoms with Crippen molar-refractivity contribution in [2.45, 2.75) is 52.4 Å². The number of rotatable bonds is 7. The topological polar surface area (TPSA) is 108 Å². The molecule has 2 rings (SSSR count). The van der Waals surface area contributed by atoms with E-state index >= 15 is 0 Å². The molecule has 138 valence electrons. The van der Waals surface area contributed by atoms with Gasteiger partial charge in [0.2, 0.25) is 0 Å². The molecule has 0 amide bonds. The molecule has 0 aliphatic heterocycles. The zero-order valence-electron chi connectivity index (χ0n) is 15.5. The summed E-state index contributed by atoms with van der Waals surface area (Å²) in [6.07, 6.45) is 6.44. The molecule has 0 aromatic carbocycles. The van der Waals surface area contributed by atoms with E-state index < -0.39 is 38.4 Å². The van der Waals surface area contributed by atoms with Gasteiger partial charge < -0.3 is 4.55 Å². The Morgan fingerprint density at radius 3 is 2.38 bits per heavy atom. The van der Waals surface area contributed by atoms with Crippen LogP contribution in [0.5, 0.6) is 0 Å². The van der Waals surface area contributed by atoms with Crippen molar-refractivity contribution in [3.8, 4) is 0 Å².